The molecule has 3 nitrogen and oxygen atoms in total. The van der Waals surface area contributed by atoms with Crippen molar-refractivity contribution in [2.24, 2.45) is 0 Å². The van der Waals surface area contributed by atoms with Gasteiger partial charge in [-0.15, -0.1) is 0 Å². The summed E-state index contributed by atoms with van der Waals surface area (Å²) in [5, 5.41) is 7.17. The number of hydrogen-bond acceptors (Lipinski definition) is 3. The maximum atomic E-state index is 5.17. The van der Waals surface area contributed by atoms with Gasteiger partial charge in [-0.05, 0) is 77.8 Å². The van der Waals surface area contributed by atoms with Crippen molar-refractivity contribution in [3.05, 3.63) is 200 Å². The van der Waals surface area contributed by atoms with Crippen molar-refractivity contribution in [1.29, 1.82) is 0 Å². The van der Waals surface area contributed by atoms with Gasteiger partial charge in [0.25, 0.3) is 0 Å². The molecule has 0 saturated carbocycles. The third-order valence-corrected chi connectivity index (χ3v) is 10.3. The van der Waals surface area contributed by atoms with Crippen molar-refractivity contribution < 1.29 is 0 Å². The summed E-state index contributed by atoms with van der Waals surface area (Å²) in [6.07, 6.45) is 0. The molecule has 0 aliphatic rings. The second kappa shape index (κ2) is 13.4. The van der Waals surface area contributed by atoms with Gasteiger partial charge in [0.05, 0.1) is 0 Å². The average molecular weight is 688 g/mol. The van der Waals surface area contributed by atoms with E-state index in [0.29, 0.717) is 17.5 Å². The third kappa shape index (κ3) is 5.78. The quantitative estimate of drug-likeness (QED) is 0.175. The van der Waals surface area contributed by atoms with Crippen molar-refractivity contribution in [3.8, 4) is 67.5 Å². The number of benzene rings is 9. The van der Waals surface area contributed by atoms with E-state index in [4.69, 9.17) is 15.0 Å². The maximum absolute atomic E-state index is 5.17. The molecule has 0 amide bonds. The first-order chi connectivity index (χ1) is 26.7. The van der Waals surface area contributed by atoms with Gasteiger partial charge in [-0.2, -0.15) is 0 Å². The molecule has 1 aromatic heterocycles. The van der Waals surface area contributed by atoms with Crippen LogP contribution in [0.15, 0.2) is 200 Å². The predicted molar refractivity (Wildman–Crippen MR) is 225 cm³/mol. The van der Waals surface area contributed by atoms with Crippen LogP contribution in [0.4, 0.5) is 0 Å². The Hall–Kier alpha value is -7.23. The molecule has 10 aromatic rings. The van der Waals surface area contributed by atoms with Crippen molar-refractivity contribution in [2.45, 2.75) is 0 Å². The summed E-state index contributed by atoms with van der Waals surface area (Å²) in [6.45, 7) is 0. The molecule has 9 aromatic carbocycles. The smallest absolute Gasteiger partial charge is 0.164 e. The molecule has 0 fully saturated rings. The molecule has 0 bridgehead atoms. The van der Waals surface area contributed by atoms with Crippen molar-refractivity contribution in [2.75, 3.05) is 0 Å². The molecule has 0 N–H and O–H groups in total. The SMILES string of the molecule is c1cc(-c2ccc(-c3cccc4ccccc34)cc2)cc(-c2nc(-c3cccc(-c4cccc5ccccc45)c3)nc(-c3cccc4ccccc34)n2)c1. The standard InChI is InChI=1S/C51H33N3/c1-4-22-43-35(12-1)15-9-25-45(43)38-30-28-34(29-31-38)39-18-7-20-41(32-39)49-52-50(54-51(53-49)48-27-11-17-37-14-3-6-24-46(37)48)42-21-8-19-40(33-42)47-26-10-16-36-13-2-5-23-44(36)47/h1-33H. The minimum absolute atomic E-state index is 0.632. The van der Waals surface area contributed by atoms with Gasteiger partial charge in [-0.1, -0.05) is 188 Å². The summed E-state index contributed by atoms with van der Waals surface area (Å²) in [6, 6.07) is 70.6. The van der Waals surface area contributed by atoms with E-state index in [1.54, 1.807) is 0 Å². The fraction of sp³-hybridized carbons (Fsp3) is 0. The zero-order valence-corrected chi connectivity index (χ0v) is 29.4. The van der Waals surface area contributed by atoms with Crippen LogP contribution in [0.3, 0.4) is 0 Å². The lowest BCUT2D eigenvalue weighted by molar-refractivity contribution is 1.08. The average Bonchev–Trinajstić information content (AvgIpc) is 3.26. The highest BCUT2D eigenvalue weighted by molar-refractivity contribution is 5.99. The lowest BCUT2D eigenvalue weighted by atomic mass is 9.96. The van der Waals surface area contributed by atoms with Gasteiger partial charge in [0.2, 0.25) is 0 Å². The monoisotopic (exact) mass is 687 g/mol. The van der Waals surface area contributed by atoms with E-state index in [9.17, 15) is 0 Å². The summed E-state index contributed by atoms with van der Waals surface area (Å²) in [4.78, 5) is 15.5. The molecule has 0 atom stereocenters. The Bertz CT molecular complexity index is 2980. The molecule has 1 heterocycles. The highest BCUT2D eigenvalue weighted by atomic mass is 15.0. The molecule has 3 heteroatoms. The second-order valence-corrected chi connectivity index (χ2v) is 13.6. The molecule has 54 heavy (non-hydrogen) atoms. The van der Waals surface area contributed by atoms with E-state index in [-0.39, 0.29) is 0 Å². The van der Waals surface area contributed by atoms with Gasteiger partial charge >= 0.3 is 0 Å². The van der Waals surface area contributed by atoms with Crippen LogP contribution >= 0.6 is 0 Å². The molecule has 252 valence electrons. The summed E-state index contributed by atoms with van der Waals surface area (Å²) >= 11 is 0. The number of hydrogen-bond donors (Lipinski definition) is 0. The van der Waals surface area contributed by atoms with E-state index in [1.807, 2.05) is 0 Å². The normalized spacial score (nSPS) is 11.3. The lowest BCUT2D eigenvalue weighted by Gasteiger charge is -2.12. The van der Waals surface area contributed by atoms with Gasteiger partial charge in [-0.25, -0.2) is 15.0 Å². The number of fused-ring (bicyclic) bond motifs is 3. The van der Waals surface area contributed by atoms with Gasteiger partial charge in [0, 0.05) is 16.7 Å². The summed E-state index contributed by atoms with van der Waals surface area (Å²) in [5.74, 6) is 1.91. The molecule has 0 saturated heterocycles. The highest BCUT2D eigenvalue weighted by Crippen LogP contribution is 2.35. The van der Waals surface area contributed by atoms with E-state index in [2.05, 4.69) is 200 Å². The van der Waals surface area contributed by atoms with Crippen LogP contribution in [0.25, 0.3) is 99.9 Å². The molecule has 0 aliphatic heterocycles. The third-order valence-electron chi connectivity index (χ3n) is 10.3. The van der Waals surface area contributed by atoms with Crippen LogP contribution in [0.2, 0.25) is 0 Å². The number of aromatic nitrogens is 3. The predicted octanol–water partition coefficient (Wildman–Crippen LogP) is 13.3. The van der Waals surface area contributed by atoms with Gasteiger partial charge < -0.3 is 0 Å². The lowest BCUT2D eigenvalue weighted by Crippen LogP contribution is -2.01. The topological polar surface area (TPSA) is 38.7 Å². The van der Waals surface area contributed by atoms with E-state index >= 15 is 0 Å². The Morgan fingerprint density at radius 1 is 0.222 bits per heavy atom. The zero-order chi connectivity index (χ0) is 35.8. The van der Waals surface area contributed by atoms with Crippen molar-refractivity contribution in [3.63, 3.8) is 0 Å². The molecule has 0 unspecified atom stereocenters. The minimum atomic E-state index is 0.632. The van der Waals surface area contributed by atoms with Gasteiger partial charge in [0.15, 0.2) is 17.5 Å². The van der Waals surface area contributed by atoms with Crippen molar-refractivity contribution >= 4 is 32.3 Å². The maximum Gasteiger partial charge on any atom is 0.164 e. The van der Waals surface area contributed by atoms with Crippen LogP contribution in [-0.4, -0.2) is 15.0 Å². The van der Waals surface area contributed by atoms with Crippen LogP contribution in [-0.2, 0) is 0 Å². The van der Waals surface area contributed by atoms with Crippen LogP contribution in [0.1, 0.15) is 0 Å². The highest BCUT2D eigenvalue weighted by Gasteiger charge is 2.16. The largest absolute Gasteiger partial charge is 0.208 e. The van der Waals surface area contributed by atoms with Crippen LogP contribution in [0.5, 0.6) is 0 Å². The van der Waals surface area contributed by atoms with Crippen molar-refractivity contribution in [1.82, 2.24) is 15.0 Å². The summed E-state index contributed by atoms with van der Waals surface area (Å²) < 4.78 is 0. The van der Waals surface area contributed by atoms with E-state index < -0.39 is 0 Å². The Labute approximate surface area is 313 Å². The van der Waals surface area contributed by atoms with Gasteiger partial charge in [-0.3, -0.25) is 0 Å². The number of rotatable bonds is 6. The molecule has 0 aliphatic carbocycles. The zero-order valence-electron chi connectivity index (χ0n) is 29.4. The van der Waals surface area contributed by atoms with E-state index in [0.717, 1.165) is 44.2 Å². The summed E-state index contributed by atoms with van der Waals surface area (Å²) in [5.41, 5.74) is 9.80. The van der Waals surface area contributed by atoms with E-state index in [1.165, 1.54) is 38.2 Å². The molecular weight excluding hydrogens is 655 g/mol. The summed E-state index contributed by atoms with van der Waals surface area (Å²) in [7, 11) is 0. The van der Waals surface area contributed by atoms with Crippen LogP contribution < -0.4 is 0 Å². The minimum Gasteiger partial charge on any atom is -0.208 e. The molecule has 0 radical (unpaired) electrons. The first-order valence-corrected chi connectivity index (χ1v) is 18.3. The Kier molecular flexibility index (Phi) is 7.81. The van der Waals surface area contributed by atoms with Gasteiger partial charge in [0.1, 0.15) is 0 Å². The van der Waals surface area contributed by atoms with Crippen LogP contribution in [0, 0.1) is 0 Å². The Balaban J connectivity index is 1.09. The molecular formula is C51H33N3. The first-order valence-electron chi connectivity index (χ1n) is 18.3. The fourth-order valence-corrected chi connectivity index (χ4v) is 7.64. The second-order valence-electron chi connectivity index (χ2n) is 13.6. The Morgan fingerprint density at radius 2 is 0.593 bits per heavy atom. The number of nitrogens with zero attached hydrogens (tertiary/aromatic N) is 3. The molecule has 10 rings (SSSR count). The first kappa shape index (κ1) is 31.5. The fourth-order valence-electron chi connectivity index (χ4n) is 7.64. The Morgan fingerprint density at radius 3 is 1.17 bits per heavy atom. The molecule has 0 spiro atoms.